The second kappa shape index (κ2) is 5.88. The maximum Gasteiger partial charge on any atom is 0.224 e. The van der Waals surface area contributed by atoms with Crippen molar-refractivity contribution in [2.24, 2.45) is 5.92 Å². The lowest BCUT2D eigenvalue weighted by Crippen LogP contribution is -2.32. The minimum Gasteiger partial charge on any atom is -0.349 e. The van der Waals surface area contributed by atoms with Crippen LogP contribution in [0, 0.1) is 5.92 Å². The molecule has 1 fully saturated rings. The number of aromatic nitrogens is 3. The molecule has 2 aliphatic rings. The third kappa shape index (κ3) is 2.83. The lowest BCUT2D eigenvalue weighted by Gasteiger charge is -2.12. The smallest absolute Gasteiger partial charge is 0.224 e. The fourth-order valence-electron chi connectivity index (χ4n) is 2.92. The number of amides is 1. The number of carbonyl (C=O) groups is 1. The van der Waals surface area contributed by atoms with E-state index in [1.165, 1.54) is 0 Å². The molecule has 1 atom stereocenters. The minimum atomic E-state index is 0.119. The van der Waals surface area contributed by atoms with Gasteiger partial charge in [-0.1, -0.05) is 0 Å². The maximum absolute atomic E-state index is 12.1. The van der Waals surface area contributed by atoms with Gasteiger partial charge < -0.3 is 20.1 Å². The van der Waals surface area contributed by atoms with E-state index in [0.29, 0.717) is 6.54 Å². The molecule has 1 aromatic heterocycles. The van der Waals surface area contributed by atoms with Crippen LogP contribution in [-0.2, 0) is 24.3 Å². The quantitative estimate of drug-likeness (QED) is 0.741. The molecule has 2 N–H and O–H groups in total. The van der Waals surface area contributed by atoms with Crippen molar-refractivity contribution in [3.63, 3.8) is 0 Å². The van der Waals surface area contributed by atoms with Crippen molar-refractivity contribution < 1.29 is 4.79 Å². The number of rotatable bonds is 3. The van der Waals surface area contributed by atoms with E-state index in [-0.39, 0.29) is 11.8 Å². The molecule has 3 rings (SSSR count). The summed E-state index contributed by atoms with van der Waals surface area (Å²) in [6, 6.07) is 0. The van der Waals surface area contributed by atoms with E-state index in [4.69, 9.17) is 0 Å². The molecule has 0 saturated carbocycles. The summed E-state index contributed by atoms with van der Waals surface area (Å²) in [7, 11) is 2.05. The second-order valence-corrected chi connectivity index (χ2v) is 5.65. The van der Waals surface area contributed by atoms with Gasteiger partial charge in [0.1, 0.15) is 5.82 Å². The highest BCUT2D eigenvalue weighted by Gasteiger charge is 2.26. The van der Waals surface area contributed by atoms with Gasteiger partial charge in [0.15, 0.2) is 5.82 Å². The van der Waals surface area contributed by atoms with Crippen LogP contribution in [0.4, 0.5) is 0 Å². The summed E-state index contributed by atoms with van der Waals surface area (Å²) in [4.78, 5) is 14.3. The first-order valence-corrected chi connectivity index (χ1v) is 7.32. The summed E-state index contributed by atoms with van der Waals surface area (Å²) in [5, 5.41) is 14.8. The first-order valence-electron chi connectivity index (χ1n) is 7.32. The highest BCUT2D eigenvalue weighted by Crippen LogP contribution is 2.14. The van der Waals surface area contributed by atoms with Crippen LogP contribution >= 0.6 is 0 Å². The number of nitrogens with zero attached hydrogens (tertiary/aromatic N) is 4. The predicted octanol–water partition coefficient (Wildman–Crippen LogP) is -1.01. The predicted molar refractivity (Wildman–Crippen MR) is 74.0 cm³/mol. The van der Waals surface area contributed by atoms with Crippen molar-refractivity contribution in [3.8, 4) is 0 Å². The Balaban J connectivity index is 1.58. The van der Waals surface area contributed by atoms with Crippen LogP contribution in [-0.4, -0.2) is 58.8 Å². The number of likely N-dealkylation sites (tertiary alicyclic amines) is 1. The van der Waals surface area contributed by atoms with Crippen molar-refractivity contribution in [2.45, 2.75) is 25.9 Å². The second-order valence-electron chi connectivity index (χ2n) is 5.65. The molecule has 0 bridgehead atoms. The van der Waals surface area contributed by atoms with Gasteiger partial charge in [-0.15, -0.1) is 10.2 Å². The highest BCUT2D eigenvalue weighted by atomic mass is 16.1. The van der Waals surface area contributed by atoms with Crippen LogP contribution < -0.4 is 10.6 Å². The first kappa shape index (κ1) is 13.5. The van der Waals surface area contributed by atoms with Gasteiger partial charge in [0.05, 0.1) is 12.5 Å². The summed E-state index contributed by atoms with van der Waals surface area (Å²) in [5.74, 6) is 2.13. The maximum atomic E-state index is 12.1. The van der Waals surface area contributed by atoms with Gasteiger partial charge in [-0.05, 0) is 20.0 Å². The Morgan fingerprint density at radius 3 is 3.10 bits per heavy atom. The van der Waals surface area contributed by atoms with E-state index in [0.717, 1.165) is 57.2 Å². The standard InChI is InChI=1S/C13H22N6O/c1-18-6-3-10(9-18)13(20)15-8-12-17-16-11-2-4-14-5-7-19(11)12/h10,14H,2-9H2,1H3,(H,15,20). The zero-order valence-corrected chi connectivity index (χ0v) is 11.9. The van der Waals surface area contributed by atoms with Crippen molar-refractivity contribution >= 4 is 5.91 Å². The Bertz CT molecular complexity index is 485. The van der Waals surface area contributed by atoms with Crippen molar-refractivity contribution in [1.29, 1.82) is 0 Å². The Morgan fingerprint density at radius 2 is 2.30 bits per heavy atom. The van der Waals surface area contributed by atoms with Crippen LogP contribution in [0.3, 0.4) is 0 Å². The van der Waals surface area contributed by atoms with E-state index >= 15 is 0 Å². The van der Waals surface area contributed by atoms with Crippen molar-refractivity contribution in [3.05, 3.63) is 11.6 Å². The van der Waals surface area contributed by atoms with E-state index in [1.54, 1.807) is 0 Å². The number of hydrogen-bond donors (Lipinski definition) is 2. The molecule has 20 heavy (non-hydrogen) atoms. The zero-order valence-electron chi connectivity index (χ0n) is 11.9. The molecule has 1 aromatic rings. The molecule has 0 aliphatic carbocycles. The number of hydrogen-bond acceptors (Lipinski definition) is 5. The zero-order chi connectivity index (χ0) is 13.9. The molecule has 1 amide bonds. The summed E-state index contributed by atoms with van der Waals surface area (Å²) in [6.07, 6.45) is 1.85. The van der Waals surface area contributed by atoms with Crippen LogP contribution in [0.15, 0.2) is 0 Å². The van der Waals surface area contributed by atoms with E-state index < -0.39 is 0 Å². The molecular formula is C13H22N6O. The Hall–Kier alpha value is -1.47. The average Bonchev–Trinajstić information content (AvgIpc) is 2.96. The molecule has 110 valence electrons. The monoisotopic (exact) mass is 278 g/mol. The summed E-state index contributed by atoms with van der Waals surface area (Å²) in [6.45, 7) is 5.09. The number of nitrogens with one attached hydrogen (secondary N) is 2. The lowest BCUT2D eigenvalue weighted by atomic mass is 10.1. The average molecular weight is 278 g/mol. The van der Waals surface area contributed by atoms with Gasteiger partial charge in [0.2, 0.25) is 5.91 Å². The molecule has 0 spiro atoms. The number of fused-ring (bicyclic) bond motifs is 1. The van der Waals surface area contributed by atoms with Crippen LogP contribution in [0.25, 0.3) is 0 Å². The SMILES string of the molecule is CN1CCC(C(=O)NCc2nnc3n2CCNCC3)C1. The van der Waals surface area contributed by atoms with E-state index in [2.05, 4.69) is 37.3 Å². The molecule has 1 saturated heterocycles. The molecule has 2 aliphatic heterocycles. The van der Waals surface area contributed by atoms with Gasteiger partial charge >= 0.3 is 0 Å². The third-order valence-electron chi connectivity index (χ3n) is 4.12. The Labute approximate surface area is 118 Å². The molecule has 1 unspecified atom stereocenters. The summed E-state index contributed by atoms with van der Waals surface area (Å²) in [5.41, 5.74) is 0. The van der Waals surface area contributed by atoms with Crippen LogP contribution in [0.1, 0.15) is 18.1 Å². The molecule has 7 heteroatoms. The van der Waals surface area contributed by atoms with Crippen molar-refractivity contribution in [2.75, 3.05) is 33.2 Å². The summed E-state index contributed by atoms with van der Waals surface area (Å²) >= 11 is 0. The third-order valence-corrected chi connectivity index (χ3v) is 4.12. The van der Waals surface area contributed by atoms with E-state index in [9.17, 15) is 4.79 Å². The summed E-state index contributed by atoms with van der Waals surface area (Å²) < 4.78 is 2.13. The first-order chi connectivity index (χ1) is 9.74. The fraction of sp³-hybridized carbons (Fsp3) is 0.769. The molecular weight excluding hydrogens is 256 g/mol. The molecule has 3 heterocycles. The minimum absolute atomic E-state index is 0.119. The highest BCUT2D eigenvalue weighted by molar-refractivity contribution is 5.79. The lowest BCUT2D eigenvalue weighted by molar-refractivity contribution is -0.124. The normalized spacial score (nSPS) is 23.4. The fourth-order valence-corrected chi connectivity index (χ4v) is 2.92. The largest absolute Gasteiger partial charge is 0.349 e. The van der Waals surface area contributed by atoms with Gasteiger partial charge in [0, 0.05) is 32.6 Å². The molecule has 0 aromatic carbocycles. The van der Waals surface area contributed by atoms with Crippen LogP contribution in [0.2, 0.25) is 0 Å². The topological polar surface area (TPSA) is 75.1 Å². The van der Waals surface area contributed by atoms with Gasteiger partial charge in [-0.25, -0.2) is 0 Å². The van der Waals surface area contributed by atoms with Gasteiger partial charge in [0.25, 0.3) is 0 Å². The van der Waals surface area contributed by atoms with Gasteiger partial charge in [-0.3, -0.25) is 4.79 Å². The molecule has 7 nitrogen and oxygen atoms in total. The number of carbonyl (C=O) groups excluding carboxylic acids is 1. The van der Waals surface area contributed by atoms with Crippen molar-refractivity contribution in [1.82, 2.24) is 30.3 Å². The van der Waals surface area contributed by atoms with Crippen LogP contribution in [0.5, 0.6) is 0 Å². The van der Waals surface area contributed by atoms with Gasteiger partial charge in [-0.2, -0.15) is 0 Å². The van der Waals surface area contributed by atoms with E-state index in [1.807, 2.05) is 0 Å². The molecule has 0 radical (unpaired) electrons. The Kier molecular flexibility index (Phi) is 3.98. The Morgan fingerprint density at radius 1 is 1.40 bits per heavy atom.